The topological polar surface area (TPSA) is 79.7 Å². The smallest absolute Gasteiger partial charge is 0.303 e. The average Bonchev–Trinajstić information content (AvgIpc) is 2.59. The van der Waals surface area contributed by atoms with Gasteiger partial charge in [-0.05, 0) is 50.2 Å². The second-order valence-electron chi connectivity index (χ2n) is 6.21. The molecule has 0 spiro atoms. The number of aryl methyl sites for hydroxylation is 1. The van der Waals surface area contributed by atoms with Crippen molar-refractivity contribution < 1.29 is 19.4 Å². The lowest BCUT2D eigenvalue weighted by molar-refractivity contribution is -0.137. The molecule has 1 N–H and O–H groups in total. The first-order chi connectivity index (χ1) is 11.1. The van der Waals surface area contributed by atoms with E-state index in [1.807, 2.05) is 11.0 Å². The van der Waals surface area contributed by atoms with E-state index < -0.39 is 5.97 Å². The van der Waals surface area contributed by atoms with Crippen molar-refractivity contribution in [2.24, 2.45) is 0 Å². The first-order valence-corrected chi connectivity index (χ1v) is 8.29. The van der Waals surface area contributed by atoms with E-state index in [0.29, 0.717) is 25.3 Å². The van der Waals surface area contributed by atoms with E-state index in [9.17, 15) is 9.59 Å². The Morgan fingerprint density at radius 3 is 3.04 bits per heavy atom. The number of piperidine rings is 1. The van der Waals surface area contributed by atoms with Crippen LogP contribution in [0, 0.1) is 0 Å². The zero-order valence-electron chi connectivity index (χ0n) is 13.2. The molecule has 0 radical (unpaired) electrons. The fraction of sp³-hybridized carbons (Fsp3) is 0.588. The van der Waals surface area contributed by atoms with Crippen molar-refractivity contribution in [2.75, 3.05) is 13.2 Å². The molecule has 1 saturated heterocycles. The van der Waals surface area contributed by atoms with E-state index in [1.54, 1.807) is 6.20 Å². The summed E-state index contributed by atoms with van der Waals surface area (Å²) in [5.41, 5.74) is 1.48. The second kappa shape index (κ2) is 6.98. The highest BCUT2D eigenvalue weighted by molar-refractivity contribution is 5.93. The van der Waals surface area contributed by atoms with Gasteiger partial charge in [0.05, 0.1) is 12.8 Å². The van der Waals surface area contributed by atoms with Gasteiger partial charge in [-0.2, -0.15) is 0 Å². The van der Waals surface area contributed by atoms with E-state index in [2.05, 4.69) is 4.98 Å². The lowest BCUT2D eigenvalue weighted by atomic mass is 9.97. The molecule has 1 amide bonds. The quantitative estimate of drug-likeness (QED) is 0.921. The molecule has 124 valence electrons. The molecule has 1 atom stereocenters. The van der Waals surface area contributed by atoms with Crippen molar-refractivity contribution in [3.63, 3.8) is 0 Å². The number of hydrogen-bond acceptors (Lipinski definition) is 4. The maximum Gasteiger partial charge on any atom is 0.303 e. The van der Waals surface area contributed by atoms with Gasteiger partial charge >= 0.3 is 5.97 Å². The molecule has 2 aliphatic rings. The van der Waals surface area contributed by atoms with Crippen molar-refractivity contribution in [2.45, 2.75) is 51.0 Å². The first kappa shape index (κ1) is 15.8. The predicted molar refractivity (Wildman–Crippen MR) is 83.6 cm³/mol. The Balaban J connectivity index is 1.75. The lowest BCUT2D eigenvalue weighted by Gasteiger charge is -2.35. The Labute approximate surface area is 135 Å². The molecule has 6 heteroatoms. The van der Waals surface area contributed by atoms with Crippen LogP contribution in [-0.2, 0) is 11.2 Å². The Kier molecular flexibility index (Phi) is 4.79. The Morgan fingerprint density at radius 2 is 2.22 bits per heavy atom. The van der Waals surface area contributed by atoms with Gasteiger partial charge in [-0.3, -0.25) is 9.59 Å². The molecule has 3 heterocycles. The number of carboxylic acid groups (broad SMARTS) is 1. The van der Waals surface area contributed by atoms with Crippen molar-refractivity contribution in [3.05, 3.63) is 23.5 Å². The third-order valence-electron chi connectivity index (χ3n) is 4.59. The number of aromatic nitrogens is 1. The van der Waals surface area contributed by atoms with Crippen LogP contribution in [-0.4, -0.2) is 46.1 Å². The van der Waals surface area contributed by atoms with Crippen LogP contribution < -0.4 is 4.74 Å². The molecule has 1 unspecified atom stereocenters. The molecule has 23 heavy (non-hydrogen) atoms. The summed E-state index contributed by atoms with van der Waals surface area (Å²) in [7, 11) is 0. The molecule has 0 aromatic carbocycles. The maximum absolute atomic E-state index is 12.8. The summed E-state index contributed by atoms with van der Waals surface area (Å²) in [5, 5.41) is 8.89. The fourth-order valence-electron chi connectivity index (χ4n) is 3.38. The number of pyridine rings is 1. The minimum atomic E-state index is -0.813. The molecule has 1 aromatic rings. The van der Waals surface area contributed by atoms with E-state index in [4.69, 9.17) is 9.84 Å². The van der Waals surface area contributed by atoms with Crippen LogP contribution in [0.1, 0.15) is 54.6 Å². The third kappa shape index (κ3) is 3.63. The third-order valence-corrected chi connectivity index (χ3v) is 4.59. The number of aliphatic carboxylic acids is 1. The second-order valence-corrected chi connectivity index (χ2v) is 6.21. The Morgan fingerprint density at radius 1 is 1.35 bits per heavy atom. The summed E-state index contributed by atoms with van der Waals surface area (Å²) in [5.74, 6) is -0.130. The van der Waals surface area contributed by atoms with Crippen LogP contribution >= 0.6 is 0 Å². The molecule has 0 bridgehead atoms. The molecular formula is C17H22N2O4. The monoisotopic (exact) mass is 318 g/mol. The molecule has 2 aliphatic heterocycles. The molecule has 1 fully saturated rings. The Bertz CT molecular complexity index is 602. The van der Waals surface area contributed by atoms with Crippen molar-refractivity contribution >= 4 is 11.9 Å². The number of nitrogens with zero attached hydrogens (tertiary/aromatic N) is 2. The van der Waals surface area contributed by atoms with E-state index >= 15 is 0 Å². The Hall–Kier alpha value is -2.11. The predicted octanol–water partition coefficient (Wildman–Crippen LogP) is 2.27. The fourth-order valence-corrected chi connectivity index (χ4v) is 3.38. The van der Waals surface area contributed by atoms with Crippen LogP contribution in [0.2, 0.25) is 0 Å². The van der Waals surface area contributed by atoms with Crippen molar-refractivity contribution in [1.82, 2.24) is 9.88 Å². The zero-order chi connectivity index (χ0) is 16.2. The van der Waals surface area contributed by atoms with Crippen molar-refractivity contribution in [1.29, 1.82) is 0 Å². The van der Waals surface area contributed by atoms with Crippen molar-refractivity contribution in [3.8, 4) is 5.75 Å². The number of ether oxygens (including phenoxy) is 1. The number of fused-ring (bicyclic) bond motifs is 1. The molecule has 3 rings (SSSR count). The average molecular weight is 318 g/mol. The van der Waals surface area contributed by atoms with Gasteiger partial charge in [0, 0.05) is 19.0 Å². The summed E-state index contributed by atoms with van der Waals surface area (Å²) in [6, 6.07) is 1.83. The highest BCUT2D eigenvalue weighted by Crippen LogP contribution is 2.27. The van der Waals surface area contributed by atoms with E-state index in [1.165, 1.54) is 0 Å². The lowest BCUT2D eigenvalue weighted by Crippen LogP contribution is -2.44. The number of rotatable bonds is 4. The summed E-state index contributed by atoms with van der Waals surface area (Å²) in [6.07, 6.45) is 6.97. The summed E-state index contributed by atoms with van der Waals surface area (Å²) in [4.78, 5) is 29.7. The van der Waals surface area contributed by atoms with Crippen LogP contribution in [0.3, 0.4) is 0 Å². The number of amides is 1. The largest absolute Gasteiger partial charge is 0.492 e. The summed E-state index contributed by atoms with van der Waals surface area (Å²) in [6.45, 7) is 1.38. The number of carbonyl (C=O) groups excluding carboxylic acids is 1. The zero-order valence-corrected chi connectivity index (χ0v) is 13.2. The molecule has 0 aliphatic carbocycles. The number of likely N-dealkylation sites (tertiary alicyclic amines) is 1. The summed E-state index contributed by atoms with van der Waals surface area (Å²) < 4.78 is 5.54. The minimum absolute atomic E-state index is 0.00133. The van der Waals surface area contributed by atoms with Gasteiger partial charge in [0.2, 0.25) is 0 Å². The molecular weight excluding hydrogens is 296 g/mol. The normalized spacial score (nSPS) is 20.5. The molecule has 0 saturated carbocycles. The van der Waals surface area contributed by atoms with Gasteiger partial charge < -0.3 is 14.7 Å². The highest BCUT2D eigenvalue weighted by atomic mass is 16.5. The van der Waals surface area contributed by atoms with Gasteiger partial charge in [-0.15, -0.1) is 0 Å². The number of carbonyl (C=O) groups is 2. The van der Waals surface area contributed by atoms with Gasteiger partial charge in [0.1, 0.15) is 11.4 Å². The highest BCUT2D eigenvalue weighted by Gasteiger charge is 2.29. The summed E-state index contributed by atoms with van der Waals surface area (Å²) >= 11 is 0. The first-order valence-electron chi connectivity index (χ1n) is 8.29. The van der Waals surface area contributed by atoms with Gasteiger partial charge in [-0.25, -0.2) is 4.98 Å². The number of carboxylic acids is 1. The van der Waals surface area contributed by atoms with Crippen LogP contribution in [0.15, 0.2) is 12.3 Å². The molecule has 6 nitrogen and oxygen atoms in total. The van der Waals surface area contributed by atoms with Gasteiger partial charge in [0.25, 0.3) is 5.91 Å². The standard InChI is InChI=1S/C17H22N2O4/c20-16(21)7-6-13-5-1-2-8-19(13)17(22)14-10-12-4-3-9-23-15(12)11-18-14/h10-11,13H,1-9H2,(H,20,21). The van der Waals surface area contributed by atoms with Gasteiger partial charge in [0.15, 0.2) is 0 Å². The van der Waals surface area contributed by atoms with Gasteiger partial charge in [-0.1, -0.05) is 0 Å². The minimum Gasteiger partial charge on any atom is -0.492 e. The van der Waals surface area contributed by atoms with E-state index in [-0.39, 0.29) is 18.4 Å². The van der Waals surface area contributed by atoms with E-state index in [0.717, 1.165) is 43.4 Å². The molecule has 1 aromatic heterocycles. The number of hydrogen-bond donors (Lipinski definition) is 1. The SMILES string of the molecule is O=C(O)CCC1CCCCN1C(=O)c1cc2c(cn1)OCCC2. The van der Waals surface area contributed by atoms with Crippen LogP contribution in [0.5, 0.6) is 5.75 Å². The maximum atomic E-state index is 12.8. The van der Waals surface area contributed by atoms with Crippen LogP contribution in [0.4, 0.5) is 0 Å². The van der Waals surface area contributed by atoms with Crippen LogP contribution in [0.25, 0.3) is 0 Å².